The van der Waals surface area contributed by atoms with Crippen LogP contribution in [0.3, 0.4) is 0 Å². The molecular weight excluding hydrogens is 290 g/mol. The lowest BCUT2D eigenvalue weighted by Gasteiger charge is -2.04. The summed E-state index contributed by atoms with van der Waals surface area (Å²) in [4.78, 5) is 12.4. The molecule has 5 nitrogen and oxygen atoms in total. The zero-order valence-corrected chi connectivity index (χ0v) is 12.9. The normalized spacial score (nSPS) is 10.7. The van der Waals surface area contributed by atoms with Gasteiger partial charge in [-0.1, -0.05) is 18.1 Å². The Balaban J connectivity index is 2.32. The molecule has 0 unspecified atom stereocenters. The molecule has 0 radical (unpaired) electrons. The Labute approximate surface area is 134 Å². The molecule has 0 saturated heterocycles. The maximum atomic E-state index is 12.4. The number of rotatable bonds is 4. The number of carbonyl (C=O) groups excluding carboxylic acids is 1. The van der Waals surface area contributed by atoms with Crippen molar-refractivity contribution in [2.24, 2.45) is 0 Å². The molecule has 5 heteroatoms. The fraction of sp³-hybridized carbons (Fsp3) is 0.167. The highest BCUT2D eigenvalue weighted by molar-refractivity contribution is 6.03. The molecule has 1 aromatic carbocycles. The average Bonchev–Trinajstić information content (AvgIpc) is 2.89. The van der Waals surface area contributed by atoms with Crippen molar-refractivity contribution in [2.75, 3.05) is 6.61 Å². The van der Waals surface area contributed by atoms with Gasteiger partial charge in [-0.3, -0.25) is 4.79 Å². The predicted molar refractivity (Wildman–Crippen MR) is 86.7 cm³/mol. The molecule has 1 aromatic heterocycles. The van der Waals surface area contributed by atoms with E-state index in [4.69, 9.17) is 11.2 Å². The van der Waals surface area contributed by atoms with Crippen LogP contribution in [0.1, 0.15) is 21.7 Å². The number of aryl methyl sites for hydroxylation is 2. The summed E-state index contributed by atoms with van der Waals surface area (Å²) in [6.07, 6.45) is 6.65. The van der Waals surface area contributed by atoms with E-state index in [1.807, 2.05) is 6.07 Å². The first-order valence-corrected chi connectivity index (χ1v) is 6.91. The van der Waals surface area contributed by atoms with Gasteiger partial charge in [0.2, 0.25) is 0 Å². The van der Waals surface area contributed by atoms with Crippen LogP contribution in [0, 0.1) is 37.5 Å². The summed E-state index contributed by atoms with van der Waals surface area (Å²) < 4.78 is 6.55. The molecule has 0 aliphatic rings. The van der Waals surface area contributed by atoms with Crippen LogP contribution in [0.2, 0.25) is 0 Å². The van der Waals surface area contributed by atoms with Crippen molar-refractivity contribution < 1.29 is 9.53 Å². The molecule has 0 amide bonds. The Morgan fingerprint density at radius 2 is 2.22 bits per heavy atom. The molecule has 0 aliphatic heterocycles. The first-order chi connectivity index (χ1) is 11.0. The van der Waals surface area contributed by atoms with E-state index in [9.17, 15) is 10.1 Å². The number of hydrogen-bond acceptors (Lipinski definition) is 4. The topological polar surface area (TPSA) is 67.9 Å². The minimum atomic E-state index is -0.465. The predicted octanol–water partition coefficient (Wildman–Crippen LogP) is 2.76. The molecule has 2 aromatic rings. The molecular formula is C18H15N3O2. The molecule has 0 saturated carbocycles. The lowest BCUT2D eigenvalue weighted by atomic mass is 10.1. The van der Waals surface area contributed by atoms with Crippen molar-refractivity contribution in [2.45, 2.75) is 13.8 Å². The Morgan fingerprint density at radius 3 is 2.83 bits per heavy atom. The molecule has 0 spiro atoms. The Bertz CT molecular complexity index is 848. The number of terminal acetylenes is 1. The zero-order chi connectivity index (χ0) is 16.8. The Hall–Kier alpha value is -3.31. The van der Waals surface area contributed by atoms with Gasteiger partial charge in [0.1, 0.15) is 24.0 Å². The monoisotopic (exact) mass is 305 g/mol. The van der Waals surface area contributed by atoms with Gasteiger partial charge >= 0.3 is 0 Å². The third-order valence-electron chi connectivity index (χ3n) is 3.04. The van der Waals surface area contributed by atoms with Gasteiger partial charge in [0.05, 0.1) is 5.69 Å². The maximum absolute atomic E-state index is 12.4. The highest BCUT2D eigenvalue weighted by atomic mass is 16.5. The minimum Gasteiger partial charge on any atom is -0.481 e. The zero-order valence-electron chi connectivity index (χ0n) is 12.9. The summed E-state index contributed by atoms with van der Waals surface area (Å²) in [5.74, 6) is 2.49. The van der Waals surface area contributed by atoms with Crippen LogP contribution >= 0.6 is 0 Å². The van der Waals surface area contributed by atoms with E-state index in [1.54, 1.807) is 44.2 Å². The average molecular weight is 305 g/mol. The van der Waals surface area contributed by atoms with Crippen molar-refractivity contribution in [3.63, 3.8) is 0 Å². The quantitative estimate of drug-likeness (QED) is 0.495. The second-order valence-electron chi connectivity index (χ2n) is 4.88. The van der Waals surface area contributed by atoms with Gasteiger partial charge in [0, 0.05) is 5.69 Å². The number of ether oxygens (including phenoxy) is 1. The lowest BCUT2D eigenvalue weighted by Crippen LogP contribution is -2.15. The van der Waals surface area contributed by atoms with Gasteiger partial charge < -0.3 is 4.74 Å². The van der Waals surface area contributed by atoms with Crippen LogP contribution in [-0.2, 0) is 0 Å². The molecule has 0 bridgehead atoms. The van der Waals surface area contributed by atoms with E-state index in [1.165, 1.54) is 10.8 Å². The SMILES string of the molecule is C#CCOc1cccc(/C=C(\C#N)C(=O)n2nc(C)cc2C)c1. The summed E-state index contributed by atoms with van der Waals surface area (Å²) >= 11 is 0. The second-order valence-corrected chi connectivity index (χ2v) is 4.88. The first-order valence-electron chi connectivity index (χ1n) is 6.91. The largest absolute Gasteiger partial charge is 0.481 e. The number of nitriles is 1. The second kappa shape index (κ2) is 7.11. The van der Waals surface area contributed by atoms with Crippen molar-refractivity contribution in [1.82, 2.24) is 9.78 Å². The molecule has 0 atom stereocenters. The maximum Gasteiger partial charge on any atom is 0.289 e. The number of carbonyl (C=O) groups is 1. The van der Waals surface area contributed by atoms with Crippen LogP contribution in [0.5, 0.6) is 5.75 Å². The van der Waals surface area contributed by atoms with Crippen LogP contribution in [0.25, 0.3) is 6.08 Å². The van der Waals surface area contributed by atoms with Gasteiger partial charge in [-0.05, 0) is 43.7 Å². The first kappa shape index (κ1) is 16.1. The fourth-order valence-electron chi connectivity index (χ4n) is 2.08. The highest BCUT2D eigenvalue weighted by Crippen LogP contribution is 2.17. The number of allylic oxidation sites excluding steroid dienone is 1. The number of nitrogens with zero attached hydrogens (tertiary/aromatic N) is 3. The molecule has 1 heterocycles. The van der Waals surface area contributed by atoms with Crippen molar-refractivity contribution >= 4 is 12.0 Å². The van der Waals surface area contributed by atoms with Crippen molar-refractivity contribution in [3.8, 4) is 24.2 Å². The van der Waals surface area contributed by atoms with Crippen LogP contribution < -0.4 is 4.74 Å². The molecule has 0 aliphatic carbocycles. The summed E-state index contributed by atoms with van der Waals surface area (Å²) in [6, 6.07) is 10.7. The van der Waals surface area contributed by atoms with Crippen LogP contribution in [0.4, 0.5) is 0 Å². The fourth-order valence-corrected chi connectivity index (χ4v) is 2.08. The summed E-state index contributed by atoms with van der Waals surface area (Å²) in [5, 5.41) is 13.4. The van der Waals surface area contributed by atoms with E-state index in [0.717, 1.165) is 5.69 Å². The van der Waals surface area contributed by atoms with E-state index >= 15 is 0 Å². The van der Waals surface area contributed by atoms with Gasteiger partial charge in [0.25, 0.3) is 5.91 Å². The molecule has 23 heavy (non-hydrogen) atoms. The van der Waals surface area contributed by atoms with E-state index < -0.39 is 5.91 Å². The third kappa shape index (κ3) is 3.87. The summed E-state index contributed by atoms with van der Waals surface area (Å²) in [5.41, 5.74) is 2.06. The number of aromatic nitrogens is 2. The highest BCUT2D eigenvalue weighted by Gasteiger charge is 2.15. The van der Waals surface area contributed by atoms with Gasteiger partial charge in [0.15, 0.2) is 0 Å². The molecule has 114 valence electrons. The Morgan fingerprint density at radius 1 is 1.43 bits per heavy atom. The molecule has 2 rings (SSSR count). The van der Waals surface area contributed by atoms with E-state index in [2.05, 4.69) is 11.0 Å². The van der Waals surface area contributed by atoms with Crippen molar-refractivity contribution in [3.05, 3.63) is 52.9 Å². The summed E-state index contributed by atoms with van der Waals surface area (Å²) in [6.45, 7) is 3.71. The minimum absolute atomic E-state index is 0.00898. The van der Waals surface area contributed by atoms with E-state index in [0.29, 0.717) is 17.0 Å². The van der Waals surface area contributed by atoms with E-state index in [-0.39, 0.29) is 12.2 Å². The lowest BCUT2D eigenvalue weighted by molar-refractivity contribution is 0.0943. The van der Waals surface area contributed by atoms with Crippen molar-refractivity contribution in [1.29, 1.82) is 5.26 Å². The van der Waals surface area contributed by atoms with Crippen LogP contribution in [0.15, 0.2) is 35.9 Å². The van der Waals surface area contributed by atoms with Gasteiger partial charge in [-0.15, -0.1) is 6.42 Å². The van der Waals surface area contributed by atoms with Gasteiger partial charge in [-0.2, -0.15) is 10.4 Å². The molecule has 0 fully saturated rings. The number of benzene rings is 1. The smallest absolute Gasteiger partial charge is 0.289 e. The van der Waals surface area contributed by atoms with Gasteiger partial charge in [-0.25, -0.2) is 4.68 Å². The Kier molecular flexibility index (Phi) is 4.96. The number of hydrogen-bond donors (Lipinski definition) is 0. The standard InChI is InChI=1S/C18H15N3O2/c1-4-8-23-17-7-5-6-15(11-17)10-16(12-19)18(22)21-14(3)9-13(2)20-21/h1,5-7,9-11H,8H2,2-3H3/b16-10+. The van der Waals surface area contributed by atoms with Crippen LogP contribution in [-0.4, -0.2) is 22.3 Å². The summed E-state index contributed by atoms with van der Waals surface area (Å²) in [7, 11) is 0. The third-order valence-corrected chi connectivity index (χ3v) is 3.04. The molecule has 0 N–H and O–H groups in total.